The van der Waals surface area contributed by atoms with Crippen LogP contribution in [0.1, 0.15) is 278 Å². The predicted octanol–water partition coefficient (Wildman–Crippen LogP) is 20.2. The summed E-state index contributed by atoms with van der Waals surface area (Å²) in [5.74, 6) is -1.63. The van der Waals surface area contributed by atoms with Gasteiger partial charge in [0.05, 0.1) is 26.4 Å². The lowest BCUT2D eigenvalue weighted by molar-refractivity contribution is -0.161. The number of unbranched alkanes of at least 4 members (excludes halogenated alkanes) is 24. The van der Waals surface area contributed by atoms with Crippen LogP contribution in [-0.2, 0) is 55.8 Å². The molecule has 0 fully saturated rings. The average Bonchev–Trinajstić information content (AvgIpc) is 3.52. The van der Waals surface area contributed by atoms with Gasteiger partial charge in [-0.15, -0.1) is 0 Å². The first kappa shape index (κ1) is 89.0. The second-order valence-corrected chi connectivity index (χ2v) is 26.6. The number of allylic oxidation sites excluding steroid dienone is 20. The minimum Gasteiger partial charge on any atom is -0.463 e. The second-order valence-electron chi connectivity index (χ2n) is 23.7. The van der Waals surface area contributed by atoms with Crippen LogP contribution in [0.3, 0.4) is 0 Å². The zero-order valence-electron chi connectivity index (χ0n) is 57.9. The summed E-state index contributed by atoms with van der Waals surface area (Å²) in [7, 11) is -9.79. The first-order valence-electron chi connectivity index (χ1n) is 35.8. The third-order valence-electron chi connectivity index (χ3n) is 14.7. The molecule has 0 aromatic heterocycles. The molecule has 18 heteroatoms. The van der Waals surface area contributed by atoms with Gasteiger partial charge in [-0.05, 0) is 116 Å². The number of aliphatic hydroxyl groups excluding tert-OH is 2. The van der Waals surface area contributed by atoms with Gasteiger partial charge >= 0.3 is 33.6 Å². The van der Waals surface area contributed by atoms with E-state index in [1.165, 1.54) is 77.0 Å². The van der Waals surface area contributed by atoms with Crippen molar-refractivity contribution in [2.45, 2.75) is 296 Å². The minimum absolute atomic E-state index is 0.0945. The molecule has 5 unspecified atom stereocenters. The Labute approximate surface area is 563 Å². The van der Waals surface area contributed by atoms with Crippen molar-refractivity contribution >= 4 is 33.6 Å². The fraction of sp³-hybridized carbons (Fsp3) is 0.693. The Bertz CT molecular complexity index is 2180. The largest absolute Gasteiger partial charge is 0.472 e. The van der Waals surface area contributed by atoms with E-state index in [2.05, 4.69) is 142 Å². The maximum absolute atomic E-state index is 12.9. The van der Waals surface area contributed by atoms with Crippen LogP contribution in [0.25, 0.3) is 0 Å². The van der Waals surface area contributed by atoms with Gasteiger partial charge in [0.2, 0.25) is 0 Å². The molecule has 93 heavy (non-hydrogen) atoms. The van der Waals surface area contributed by atoms with E-state index in [4.69, 9.17) is 32.3 Å². The lowest BCUT2D eigenvalue weighted by atomic mass is 10.0. The maximum atomic E-state index is 12.9. The number of hydrogen-bond acceptors (Lipinski definition) is 14. The highest BCUT2D eigenvalue weighted by molar-refractivity contribution is 7.47. The van der Waals surface area contributed by atoms with Crippen LogP contribution in [0.4, 0.5) is 0 Å². The lowest BCUT2D eigenvalue weighted by Crippen LogP contribution is -2.30. The Hall–Kier alpha value is -4.05. The van der Waals surface area contributed by atoms with E-state index in [1.807, 2.05) is 0 Å². The van der Waals surface area contributed by atoms with Crippen LogP contribution in [0.15, 0.2) is 122 Å². The standard InChI is InChI=1S/C75H128O16P2/c1-4-7-10-13-16-19-22-25-27-29-31-33-34-36-38-39-41-44-46-49-52-55-58-61-73(78)85-64-70(76)65-87-92(81,82)88-66-71(77)67-89-93(83,84)90-69-72(91-75(80)63-60-57-54-51-48-43-24-21-18-15-12-9-6-3)68-86-74(79)62-59-56-53-50-47-45-42-40-37-35-32-30-28-26-23-20-17-14-11-8-5-2/h8,11,16-17,19-20,25-28,31-33,35-36,38,40,42,47,50,70-72,76-77H,4-7,9-10,12-15,18,21-24,29-30,34,37,39,41,43-46,48-49,51-69H2,1-3H3,(H,81,82)(H,83,84)/b11-8-,19-16-,20-17-,27-25-,28-26-,33-31-,35-32-,38-36-,42-40-,50-47-. The van der Waals surface area contributed by atoms with Crippen molar-refractivity contribution in [1.82, 2.24) is 0 Å². The molecule has 0 heterocycles. The third kappa shape index (κ3) is 69.1. The van der Waals surface area contributed by atoms with Crippen molar-refractivity contribution in [1.29, 1.82) is 0 Å². The Kier molecular flexibility index (Phi) is 65.0. The van der Waals surface area contributed by atoms with Crippen LogP contribution >= 0.6 is 15.6 Å². The van der Waals surface area contributed by atoms with Crippen LogP contribution in [0, 0.1) is 0 Å². The zero-order chi connectivity index (χ0) is 68.1. The van der Waals surface area contributed by atoms with E-state index >= 15 is 0 Å². The topological polar surface area (TPSA) is 231 Å². The Morgan fingerprint density at radius 2 is 0.570 bits per heavy atom. The number of ether oxygens (including phenoxy) is 3. The number of carbonyl (C=O) groups is 3. The average molecular weight is 1350 g/mol. The number of phosphoric ester groups is 2. The van der Waals surface area contributed by atoms with E-state index < -0.39 is 91.5 Å². The molecular weight excluding hydrogens is 1220 g/mol. The molecule has 534 valence electrons. The number of phosphoric acid groups is 2. The third-order valence-corrected chi connectivity index (χ3v) is 16.6. The van der Waals surface area contributed by atoms with Crippen LogP contribution in [0.5, 0.6) is 0 Å². The highest BCUT2D eigenvalue weighted by Gasteiger charge is 2.29. The van der Waals surface area contributed by atoms with E-state index in [0.29, 0.717) is 19.3 Å². The summed E-state index contributed by atoms with van der Waals surface area (Å²) in [6.07, 6.45) is 78.2. The summed E-state index contributed by atoms with van der Waals surface area (Å²) in [6.45, 7) is 2.46. The Morgan fingerprint density at radius 3 is 0.946 bits per heavy atom. The molecule has 0 aliphatic heterocycles. The fourth-order valence-electron chi connectivity index (χ4n) is 9.20. The maximum Gasteiger partial charge on any atom is 0.472 e. The Balaban J connectivity index is 4.66. The van der Waals surface area contributed by atoms with E-state index in [-0.39, 0.29) is 19.3 Å². The van der Waals surface area contributed by atoms with Crippen molar-refractivity contribution in [3.05, 3.63) is 122 Å². The molecular formula is C75H128O16P2. The zero-order valence-corrected chi connectivity index (χ0v) is 59.7. The lowest BCUT2D eigenvalue weighted by Gasteiger charge is -2.21. The van der Waals surface area contributed by atoms with Crippen LogP contribution < -0.4 is 0 Å². The molecule has 16 nitrogen and oxygen atoms in total. The second kappa shape index (κ2) is 67.9. The first-order chi connectivity index (χ1) is 45.2. The van der Waals surface area contributed by atoms with Crippen molar-refractivity contribution in [2.24, 2.45) is 0 Å². The van der Waals surface area contributed by atoms with E-state index in [0.717, 1.165) is 141 Å². The van der Waals surface area contributed by atoms with Gasteiger partial charge in [-0.25, -0.2) is 9.13 Å². The SMILES string of the molecule is CC/C=C\C/C=C\C/C=C\C/C=C\C/C=C\C/C=C\CCCCC(=O)OCC(COP(=O)(O)OCC(O)COP(=O)(O)OCC(O)COC(=O)CCCCCCCCC/C=C\C/C=C\C/C=C\C/C=C\CCCCC)OC(=O)CCCCCCCCCCCCCCC. The molecule has 0 spiro atoms. The molecule has 4 N–H and O–H groups in total. The first-order valence-corrected chi connectivity index (χ1v) is 38.8. The number of rotatable bonds is 67. The van der Waals surface area contributed by atoms with Gasteiger partial charge in [0.25, 0.3) is 0 Å². The van der Waals surface area contributed by atoms with E-state index in [1.54, 1.807) is 0 Å². The Morgan fingerprint density at radius 1 is 0.312 bits per heavy atom. The van der Waals surface area contributed by atoms with Gasteiger partial charge in [0.15, 0.2) is 6.10 Å². The number of carbonyl (C=O) groups excluding carboxylic acids is 3. The summed E-state index contributed by atoms with van der Waals surface area (Å²) in [6, 6.07) is 0. The van der Waals surface area contributed by atoms with Gasteiger partial charge in [-0.3, -0.25) is 32.5 Å². The highest BCUT2D eigenvalue weighted by Crippen LogP contribution is 2.45. The van der Waals surface area contributed by atoms with Gasteiger partial charge in [0.1, 0.15) is 25.4 Å². The van der Waals surface area contributed by atoms with Gasteiger partial charge in [-0.2, -0.15) is 0 Å². The molecule has 0 radical (unpaired) electrons. The summed E-state index contributed by atoms with van der Waals surface area (Å²) >= 11 is 0. The van der Waals surface area contributed by atoms with Gasteiger partial charge < -0.3 is 34.2 Å². The van der Waals surface area contributed by atoms with Gasteiger partial charge in [0, 0.05) is 19.3 Å². The predicted molar refractivity (Wildman–Crippen MR) is 380 cm³/mol. The molecule has 0 aromatic rings. The van der Waals surface area contributed by atoms with Gasteiger partial charge in [-0.1, -0.05) is 264 Å². The molecule has 0 saturated carbocycles. The van der Waals surface area contributed by atoms with Crippen LogP contribution in [0.2, 0.25) is 0 Å². The summed E-state index contributed by atoms with van der Waals surface area (Å²) in [5.41, 5.74) is 0. The summed E-state index contributed by atoms with van der Waals surface area (Å²) in [5, 5.41) is 20.6. The monoisotopic (exact) mass is 1350 g/mol. The fourth-order valence-corrected chi connectivity index (χ4v) is 10.8. The molecule has 0 aliphatic rings. The smallest absolute Gasteiger partial charge is 0.463 e. The molecule has 0 amide bonds. The summed E-state index contributed by atoms with van der Waals surface area (Å²) in [4.78, 5) is 58.4. The van der Waals surface area contributed by atoms with Crippen LogP contribution in [-0.4, -0.2) is 95.9 Å². The van der Waals surface area contributed by atoms with Crippen molar-refractivity contribution < 1.29 is 75.8 Å². The number of esters is 3. The summed E-state index contributed by atoms with van der Waals surface area (Å²) < 4.78 is 60.9. The quantitative estimate of drug-likeness (QED) is 0.0146. The molecule has 0 aliphatic carbocycles. The minimum atomic E-state index is -4.94. The van der Waals surface area contributed by atoms with E-state index in [9.17, 15) is 43.5 Å². The molecule has 5 atom stereocenters. The number of aliphatic hydroxyl groups is 2. The number of hydrogen-bond donors (Lipinski definition) is 4. The molecule has 0 saturated heterocycles. The normalized spacial score (nSPS) is 14.9. The molecule has 0 rings (SSSR count). The highest BCUT2D eigenvalue weighted by atomic mass is 31.2. The van der Waals surface area contributed by atoms with Crippen molar-refractivity contribution in [3.8, 4) is 0 Å². The van der Waals surface area contributed by atoms with Crippen molar-refractivity contribution in [2.75, 3.05) is 39.6 Å². The molecule has 0 aromatic carbocycles. The molecule has 0 bridgehead atoms. The van der Waals surface area contributed by atoms with Crippen molar-refractivity contribution in [3.63, 3.8) is 0 Å².